The predicted molar refractivity (Wildman–Crippen MR) is 141 cm³/mol. The molecule has 34 heavy (non-hydrogen) atoms. The third-order valence-corrected chi connectivity index (χ3v) is 7.70. The third kappa shape index (κ3) is 5.09. The molecule has 0 amide bonds. The van der Waals surface area contributed by atoms with Crippen LogP contribution in [0.2, 0.25) is 0 Å². The lowest BCUT2D eigenvalue weighted by Gasteiger charge is -2.31. The zero-order chi connectivity index (χ0) is 24.2. The minimum Gasteiger partial charge on any atom is -0.295 e. The van der Waals surface area contributed by atoms with E-state index in [0.717, 1.165) is 37.8 Å². The summed E-state index contributed by atoms with van der Waals surface area (Å²) in [6, 6.07) is 19.7. The van der Waals surface area contributed by atoms with E-state index in [4.69, 9.17) is 5.10 Å². The maximum atomic E-state index is 12.4. The topological polar surface area (TPSA) is 34.9 Å². The molecule has 0 bridgehead atoms. The Labute approximate surface area is 204 Å². The molecule has 1 aromatic heterocycles. The summed E-state index contributed by atoms with van der Waals surface area (Å²) in [5.41, 5.74) is 7.47. The van der Waals surface area contributed by atoms with Crippen molar-refractivity contribution >= 4 is 5.78 Å². The van der Waals surface area contributed by atoms with Crippen LogP contribution in [0, 0.1) is 18.8 Å². The summed E-state index contributed by atoms with van der Waals surface area (Å²) in [5.74, 6) is 1.17. The molecule has 0 radical (unpaired) electrons. The van der Waals surface area contributed by atoms with Gasteiger partial charge in [-0.3, -0.25) is 9.48 Å². The van der Waals surface area contributed by atoms with Gasteiger partial charge in [-0.15, -0.1) is 0 Å². The van der Waals surface area contributed by atoms with Crippen molar-refractivity contribution in [3.63, 3.8) is 0 Å². The molecule has 1 aliphatic carbocycles. The average Bonchev–Trinajstić information content (AvgIpc) is 3.21. The van der Waals surface area contributed by atoms with Crippen LogP contribution < -0.4 is 0 Å². The van der Waals surface area contributed by atoms with Crippen molar-refractivity contribution in [2.75, 3.05) is 0 Å². The van der Waals surface area contributed by atoms with E-state index in [1.807, 2.05) is 0 Å². The fraction of sp³-hybridized carbons (Fsp3) is 0.419. The lowest BCUT2D eigenvalue weighted by Crippen LogP contribution is -2.26. The maximum Gasteiger partial charge on any atom is 0.158 e. The Morgan fingerprint density at radius 2 is 1.74 bits per heavy atom. The fourth-order valence-corrected chi connectivity index (χ4v) is 5.37. The van der Waals surface area contributed by atoms with Crippen LogP contribution in [-0.2, 0) is 11.2 Å². The van der Waals surface area contributed by atoms with Crippen LogP contribution in [0.1, 0.15) is 80.8 Å². The van der Waals surface area contributed by atoms with Gasteiger partial charge in [-0.25, -0.2) is 0 Å². The largest absolute Gasteiger partial charge is 0.295 e. The van der Waals surface area contributed by atoms with E-state index in [-0.39, 0.29) is 17.7 Å². The summed E-state index contributed by atoms with van der Waals surface area (Å²) in [7, 11) is 0. The number of carbonyl (C=O) groups is 1. The average molecular weight is 455 g/mol. The summed E-state index contributed by atoms with van der Waals surface area (Å²) in [6.45, 7) is 12.8. The van der Waals surface area contributed by atoms with Crippen molar-refractivity contribution in [2.24, 2.45) is 11.8 Å². The second kappa shape index (κ2) is 10.5. The Kier molecular flexibility index (Phi) is 7.50. The van der Waals surface area contributed by atoms with Gasteiger partial charge >= 0.3 is 0 Å². The van der Waals surface area contributed by atoms with Gasteiger partial charge in [0.25, 0.3) is 0 Å². The van der Waals surface area contributed by atoms with Crippen LogP contribution in [0.15, 0.2) is 67.3 Å². The van der Waals surface area contributed by atoms with Gasteiger partial charge in [0.2, 0.25) is 0 Å². The van der Waals surface area contributed by atoms with Gasteiger partial charge in [0.15, 0.2) is 5.78 Å². The molecule has 0 N–H and O–H groups in total. The highest BCUT2D eigenvalue weighted by molar-refractivity contribution is 5.91. The minimum atomic E-state index is 0.0729. The number of rotatable bonds is 8. The molecule has 1 fully saturated rings. The molecule has 3 heteroatoms. The molecule has 3 unspecified atom stereocenters. The number of carbonyl (C=O) groups excluding carboxylic acids is 1. The highest BCUT2D eigenvalue weighted by Crippen LogP contribution is 2.40. The number of allylic oxidation sites excluding steroid dienone is 1. The first-order valence-corrected chi connectivity index (χ1v) is 12.8. The summed E-state index contributed by atoms with van der Waals surface area (Å²) in [5, 5.41) is 5.22. The van der Waals surface area contributed by atoms with Crippen LogP contribution >= 0.6 is 0 Å². The van der Waals surface area contributed by atoms with Crippen LogP contribution in [0.25, 0.3) is 11.3 Å². The van der Waals surface area contributed by atoms with E-state index >= 15 is 0 Å². The van der Waals surface area contributed by atoms with Gasteiger partial charge in [-0.1, -0.05) is 88.4 Å². The number of ketones is 1. The Bertz CT molecular complexity index is 1120. The number of hydrogen-bond donors (Lipinski definition) is 0. The molecule has 1 heterocycles. The first kappa shape index (κ1) is 24.2. The molecule has 2 aromatic carbocycles. The van der Waals surface area contributed by atoms with Crippen LogP contribution in [-0.4, -0.2) is 15.6 Å². The molecular formula is C31H38N2O. The molecule has 178 valence electrons. The van der Waals surface area contributed by atoms with Gasteiger partial charge in [-0.05, 0) is 61.3 Å². The van der Waals surface area contributed by atoms with E-state index < -0.39 is 0 Å². The normalized spacial score (nSPS) is 19.2. The number of benzene rings is 2. The quantitative estimate of drug-likeness (QED) is 0.327. The molecule has 1 saturated carbocycles. The molecular weight excluding hydrogens is 416 g/mol. The molecule has 3 nitrogen and oxygen atoms in total. The van der Waals surface area contributed by atoms with Crippen molar-refractivity contribution in [1.82, 2.24) is 9.78 Å². The van der Waals surface area contributed by atoms with E-state index in [9.17, 15) is 4.79 Å². The maximum absolute atomic E-state index is 12.4. The Balaban J connectivity index is 1.67. The van der Waals surface area contributed by atoms with Crippen molar-refractivity contribution in [3.05, 3.63) is 89.6 Å². The van der Waals surface area contributed by atoms with E-state index in [2.05, 4.69) is 93.6 Å². The number of nitrogens with zero attached hydrogens (tertiary/aromatic N) is 2. The summed E-state index contributed by atoms with van der Waals surface area (Å²) in [4.78, 5) is 12.4. The zero-order valence-corrected chi connectivity index (χ0v) is 21.1. The molecule has 4 rings (SSSR count). The Morgan fingerprint density at radius 3 is 2.38 bits per heavy atom. The van der Waals surface area contributed by atoms with Crippen molar-refractivity contribution in [1.29, 1.82) is 0 Å². The van der Waals surface area contributed by atoms with Gasteiger partial charge in [0.05, 0.1) is 11.7 Å². The predicted octanol–water partition coefficient (Wildman–Crippen LogP) is 7.70. The van der Waals surface area contributed by atoms with Crippen LogP contribution in [0.5, 0.6) is 0 Å². The Hall–Kier alpha value is -2.94. The van der Waals surface area contributed by atoms with E-state index in [0.29, 0.717) is 11.8 Å². The molecule has 3 aromatic rings. The Morgan fingerprint density at radius 1 is 1.06 bits per heavy atom. The first-order chi connectivity index (χ1) is 16.4. The number of aromatic nitrogens is 2. The van der Waals surface area contributed by atoms with Crippen LogP contribution in [0.4, 0.5) is 0 Å². The minimum absolute atomic E-state index is 0.0729. The second-order valence-corrected chi connectivity index (χ2v) is 10.3. The highest BCUT2D eigenvalue weighted by atomic mass is 16.1. The summed E-state index contributed by atoms with van der Waals surface area (Å²) >= 11 is 0. The lowest BCUT2D eigenvalue weighted by atomic mass is 9.82. The summed E-state index contributed by atoms with van der Waals surface area (Å²) < 4.78 is 2.29. The third-order valence-electron chi connectivity index (χ3n) is 7.70. The molecule has 0 aliphatic heterocycles. The van der Waals surface area contributed by atoms with E-state index in [1.165, 1.54) is 34.0 Å². The second-order valence-electron chi connectivity index (χ2n) is 10.3. The van der Waals surface area contributed by atoms with Crippen molar-refractivity contribution in [2.45, 2.75) is 71.8 Å². The molecule has 3 atom stereocenters. The standard InChI is InChI=1S/C31H38N2O/c1-6-29(34)27-13-10-14-28(20-27)33-31(22(4)21(2)3)23(5)30(32-33)26-17-15-25(16-18-26)19-24-11-8-7-9-12-24/h6-9,11-12,15-18,21-22,27-28H,1,10,13-14,19-20H2,2-5H3. The first-order valence-electron chi connectivity index (χ1n) is 12.8. The number of hydrogen-bond acceptors (Lipinski definition) is 2. The summed E-state index contributed by atoms with van der Waals surface area (Å²) in [6.07, 6.45) is 6.40. The van der Waals surface area contributed by atoms with Gasteiger partial charge < -0.3 is 0 Å². The lowest BCUT2D eigenvalue weighted by molar-refractivity contribution is -0.119. The van der Waals surface area contributed by atoms with Gasteiger partial charge in [0, 0.05) is 23.1 Å². The van der Waals surface area contributed by atoms with E-state index in [1.54, 1.807) is 0 Å². The van der Waals surface area contributed by atoms with Crippen molar-refractivity contribution < 1.29 is 4.79 Å². The highest BCUT2D eigenvalue weighted by Gasteiger charge is 2.31. The fourth-order valence-electron chi connectivity index (χ4n) is 5.37. The van der Waals surface area contributed by atoms with Gasteiger partial charge in [0.1, 0.15) is 0 Å². The molecule has 1 aliphatic rings. The monoisotopic (exact) mass is 454 g/mol. The smallest absolute Gasteiger partial charge is 0.158 e. The SMILES string of the molecule is C=CC(=O)C1CCCC(n2nc(-c3ccc(Cc4ccccc4)cc3)c(C)c2C(C)C(C)C)C1. The van der Waals surface area contributed by atoms with Crippen molar-refractivity contribution in [3.8, 4) is 11.3 Å². The van der Waals surface area contributed by atoms with Crippen LogP contribution in [0.3, 0.4) is 0 Å². The zero-order valence-electron chi connectivity index (χ0n) is 21.1. The van der Waals surface area contributed by atoms with Gasteiger partial charge in [-0.2, -0.15) is 5.10 Å². The molecule has 0 saturated heterocycles. The molecule has 0 spiro atoms.